The van der Waals surface area contributed by atoms with E-state index in [0.717, 1.165) is 62.6 Å². The molecule has 0 fully saturated rings. The second-order valence-corrected chi connectivity index (χ2v) is 6.40. The first-order valence-electron chi connectivity index (χ1n) is 9.62. The van der Waals surface area contributed by atoms with Crippen LogP contribution in [-0.4, -0.2) is 41.4 Å². The molecule has 0 unspecified atom stereocenters. The van der Waals surface area contributed by atoms with Gasteiger partial charge in [0.1, 0.15) is 0 Å². The first-order chi connectivity index (χ1) is 12.2. The average molecular weight is 341 g/mol. The van der Waals surface area contributed by atoms with Crippen molar-refractivity contribution in [3.63, 3.8) is 0 Å². The first-order valence-corrected chi connectivity index (χ1v) is 9.62. The Morgan fingerprint density at radius 3 is 2.20 bits per heavy atom. The summed E-state index contributed by atoms with van der Waals surface area (Å²) >= 11 is 0. The summed E-state index contributed by atoms with van der Waals surface area (Å²) in [6, 6.07) is 12.6. The molecule has 25 heavy (non-hydrogen) atoms. The van der Waals surface area contributed by atoms with E-state index in [0.29, 0.717) is 0 Å². The Kier molecular flexibility index (Phi) is 7.86. The largest absolute Gasteiger partial charge is 0.342 e. The highest BCUT2D eigenvalue weighted by Crippen LogP contribution is 2.25. The molecule has 2 aromatic rings. The predicted octanol–water partition coefficient (Wildman–Crippen LogP) is 4.61. The Bertz CT molecular complexity index is 623. The van der Waals surface area contributed by atoms with Gasteiger partial charge in [0.2, 0.25) is 0 Å². The number of rotatable bonds is 10. The molecule has 136 valence electrons. The van der Waals surface area contributed by atoms with Crippen LogP contribution in [0.3, 0.4) is 0 Å². The number of anilines is 1. The van der Waals surface area contributed by atoms with E-state index in [1.807, 2.05) is 6.07 Å². The molecule has 0 aliphatic rings. The smallest absolute Gasteiger partial charge is 0.152 e. The van der Waals surface area contributed by atoms with Crippen LogP contribution in [0.25, 0.3) is 11.3 Å². The average Bonchev–Trinajstić information content (AvgIpc) is 2.66. The minimum Gasteiger partial charge on any atom is -0.342 e. The Balaban J connectivity index is 2.35. The van der Waals surface area contributed by atoms with Gasteiger partial charge in [0.15, 0.2) is 5.82 Å². The summed E-state index contributed by atoms with van der Waals surface area (Å²) in [7, 11) is 0. The van der Waals surface area contributed by atoms with Crippen LogP contribution in [0.15, 0.2) is 36.4 Å². The standard InChI is InChI=1S/C21H32N4/c1-5-12-19-16-20(25(15-6-2)17-24(7-3)8-4)22-23-21(19)18-13-10-9-11-14-18/h9-11,13-14,16H,5-8,12,15,17H2,1-4H3. The van der Waals surface area contributed by atoms with Crippen molar-refractivity contribution in [1.29, 1.82) is 0 Å². The van der Waals surface area contributed by atoms with Gasteiger partial charge >= 0.3 is 0 Å². The molecule has 0 aliphatic heterocycles. The third-order valence-corrected chi connectivity index (χ3v) is 4.51. The van der Waals surface area contributed by atoms with E-state index >= 15 is 0 Å². The number of aryl methyl sites for hydroxylation is 1. The van der Waals surface area contributed by atoms with E-state index in [9.17, 15) is 0 Å². The summed E-state index contributed by atoms with van der Waals surface area (Å²) in [5.41, 5.74) is 3.46. The van der Waals surface area contributed by atoms with Gasteiger partial charge in [-0.05, 0) is 37.6 Å². The molecular weight excluding hydrogens is 308 g/mol. The van der Waals surface area contributed by atoms with Crippen LogP contribution in [0.2, 0.25) is 0 Å². The number of aromatic nitrogens is 2. The molecule has 0 spiro atoms. The van der Waals surface area contributed by atoms with E-state index in [1.54, 1.807) is 0 Å². The molecule has 0 bridgehead atoms. The Hall–Kier alpha value is -1.94. The fourth-order valence-corrected chi connectivity index (χ4v) is 3.06. The number of benzene rings is 1. The van der Waals surface area contributed by atoms with Gasteiger partial charge in [0.25, 0.3) is 0 Å². The van der Waals surface area contributed by atoms with Crippen LogP contribution < -0.4 is 4.90 Å². The molecule has 0 N–H and O–H groups in total. The molecule has 0 aliphatic carbocycles. The van der Waals surface area contributed by atoms with Gasteiger partial charge in [-0.3, -0.25) is 4.90 Å². The Labute approximate surface area is 152 Å². The van der Waals surface area contributed by atoms with E-state index in [4.69, 9.17) is 0 Å². The SMILES string of the molecule is CCCc1cc(N(CCC)CN(CC)CC)nnc1-c1ccccc1. The lowest BCUT2D eigenvalue weighted by Crippen LogP contribution is -2.39. The van der Waals surface area contributed by atoms with E-state index in [-0.39, 0.29) is 0 Å². The normalized spacial score (nSPS) is 11.1. The first kappa shape index (κ1) is 19.4. The molecule has 4 nitrogen and oxygen atoms in total. The van der Waals surface area contributed by atoms with Crippen molar-refractivity contribution in [2.45, 2.75) is 47.0 Å². The summed E-state index contributed by atoms with van der Waals surface area (Å²) in [5, 5.41) is 9.21. The number of hydrogen-bond acceptors (Lipinski definition) is 4. The fourth-order valence-electron chi connectivity index (χ4n) is 3.06. The number of hydrogen-bond donors (Lipinski definition) is 0. The summed E-state index contributed by atoms with van der Waals surface area (Å²) in [5.74, 6) is 0.997. The zero-order valence-electron chi connectivity index (χ0n) is 16.2. The van der Waals surface area contributed by atoms with Gasteiger partial charge in [-0.15, -0.1) is 10.2 Å². The molecule has 0 saturated heterocycles. The third-order valence-electron chi connectivity index (χ3n) is 4.51. The molecule has 1 heterocycles. The molecule has 0 amide bonds. The third kappa shape index (κ3) is 5.27. The maximum Gasteiger partial charge on any atom is 0.152 e. The highest BCUT2D eigenvalue weighted by atomic mass is 15.3. The maximum atomic E-state index is 4.62. The summed E-state index contributed by atoms with van der Waals surface area (Å²) in [6.45, 7) is 12.9. The highest BCUT2D eigenvalue weighted by molar-refractivity contribution is 5.64. The minimum absolute atomic E-state index is 0.909. The molecule has 0 radical (unpaired) electrons. The van der Waals surface area contributed by atoms with Crippen LogP contribution in [0.1, 0.15) is 46.1 Å². The lowest BCUT2D eigenvalue weighted by molar-refractivity contribution is 0.300. The fraction of sp³-hybridized carbons (Fsp3) is 0.524. The van der Waals surface area contributed by atoms with Crippen LogP contribution in [0.4, 0.5) is 5.82 Å². The van der Waals surface area contributed by atoms with Crippen LogP contribution in [0, 0.1) is 0 Å². The molecule has 4 heteroatoms. The monoisotopic (exact) mass is 340 g/mol. The molecule has 2 rings (SSSR count). The summed E-state index contributed by atoms with van der Waals surface area (Å²) in [4.78, 5) is 4.77. The molecular formula is C21H32N4. The molecule has 0 atom stereocenters. The van der Waals surface area contributed by atoms with Crippen molar-refractivity contribution in [3.05, 3.63) is 42.0 Å². The quantitative estimate of drug-likeness (QED) is 0.591. The minimum atomic E-state index is 0.909. The van der Waals surface area contributed by atoms with Gasteiger partial charge < -0.3 is 4.90 Å². The van der Waals surface area contributed by atoms with Crippen LogP contribution in [-0.2, 0) is 6.42 Å². The van der Waals surface area contributed by atoms with E-state index in [1.165, 1.54) is 5.56 Å². The Morgan fingerprint density at radius 1 is 0.880 bits per heavy atom. The second kappa shape index (κ2) is 10.1. The van der Waals surface area contributed by atoms with E-state index < -0.39 is 0 Å². The van der Waals surface area contributed by atoms with Gasteiger partial charge in [0, 0.05) is 12.1 Å². The molecule has 1 aromatic heterocycles. The molecule has 1 aromatic carbocycles. The van der Waals surface area contributed by atoms with Gasteiger partial charge in [-0.25, -0.2) is 0 Å². The lowest BCUT2D eigenvalue weighted by atomic mass is 10.0. The Morgan fingerprint density at radius 2 is 1.60 bits per heavy atom. The lowest BCUT2D eigenvalue weighted by Gasteiger charge is -2.30. The van der Waals surface area contributed by atoms with E-state index in [2.05, 4.69) is 78.0 Å². The zero-order chi connectivity index (χ0) is 18.1. The highest BCUT2D eigenvalue weighted by Gasteiger charge is 2.15. The second-order valence-electron chi connectivity index (χ2n) is 6.40. The van der Waals surface area contributed by atoms with Crippen molar-refractivity contribution in [3.8, 4) is 11.3 Å². The molecule has 0 saturated carbocycles. The number of nitrogens with zero attached hydrogens (tertiary/aromatic N) is 4. The topological polar surface area (TPSA) is 32.3 Å². The van der Waals surface area contributed by atoms with Gasteiger partial charge in [0.05, 0.1) is 12.4 Å². The van der Waals surface area contributed by atoms with Crippen molar-refractivity contribution >= 4 is 5.82 Å². The van der Waals surface area contributed by atoms with Crippen molar-refractivity contribution in [2.75, 3.05) is 31.2 Å². The zero-order valence-corrected chi connectivity index (χ0v) is 16.2. The van der Waals surface area contributed by atoms with Crippen molar-refractivity contribution in [1.82, 2.24) is 15.1 Å². The van der Waals surface area contributed by atoms with Crippen molar-refractivity contribution < 1.29 is 0 Å². The van der Waals surface area contributed by atoms with Crippen LogP contribution in [0.5, 0.6) is 0 Å². The summed E-state index contributed by atoms with van der Waals surface area (Å²) in [6.07, 6.45) is 3.24. The predicted molar refractivity (Wildman–Crippen MR) is 107 cm³/mol. The van der Waals surface area contributed by atoms with Gasteiger partial charge in [-0.1, -0.05) is 64.4 Å². The van der Waals surface area contributed by atoms with Crippen LogP contribution >= 0.6 is 0 Å². The van der Waals surface area contributed by atoms with Crippen molar-refractivity contribution in [2.24, 2.45) is 0 Å². The van der Waals surface area contributed by atoms with Gasteiger partial charge in [-0.2, -0.15) is 0 Å². The summed E-state index contributed by atoms with van der Waals surface area (Å²) < 4.78 is 0. The maximum absolute atomic E-state index is 4.62.